The van der Waals surface area contributed by atoms with E-state index < -0.39 is 28.4 Å². The quantitative estimate of drug-likeness (QED) is 0.407. The van der Waals surface area contributed by atoms with Gasteiger partial charge in [-0.25, -0.2) is 8.42 Å². The van der Waals surface area contributed by atoms with Gasteiger partial charge in [-0.15, -0.1) is 6.58 Å². The van der Waals surface area contributed by atoms with Crippen LogP contribution in [0.25, 0.3) is 0 Å². The van der Waals surface area contributed by atoms with Crippen molar-refractivity contribution in [2.24, 2.45) is 0 Å². The number of hydrogen-bond donors (Lipinski definition) is 2. The van der Waals surface area contributed by atoms with Gasteiger partial charge in [0, 0.05) is 11.6 Å². The SMILES string of the molecule is C=CCNC(=O)c1ccccc1NC(=O)CN(c1cccc(Cl)c1C)S(=O)(=O)c1ccc(C)cc1. The number of nitrogens with one attached hydrogen (secondary N) is 2. The van der Waals surface area contributed by atoms with Gasteiger partial charge in [-0.3, -0.25) is 13.9 Å². The van der Waals surface area contributed by atoms with E-state index in [4.69, 9.17) is 11.6 Å². The molecule has 0 unspecified atom stereocenters. The Labute approximate surface area is 210 Å². The zero-order chi connectivity index (χ0) is 25.6. The average molecular weight is 512 g/mol. The largest absolute Gasteiger partial charge is 0.349 e. The topological polar surface area (TPSA) is 95.6 Å². The van der Waals surface area contributed by atoms with Gasteiger partial charge in [-0.1, -0.05) is 53.6 Å². The van der Waals surface area contributed by atoms with Crippen molar-refractivity contribution >= 4 is 44.8 Å². The molecule has 9 heteroatoms. The van der Waals surface area contributed by atoms with Crippen molar-refractivity contribution in [2.45, 2.75) is 18.7 Å². The first kappa shape index (κ1) is 26.0. The molecule has 0 aliphatic carbocycles. The molecule has 0 saturated heterocycles. The number of hydrogen-bond acceptors (Lipinski definition) is 4. The highest BCUT2D eigenvalue weighted by molar-refractivity contribution is 7.92. The third-order valence-electron chi connectivity index (χ3n) is 5.26. The van der Waals surface area contributed by atoms with Gasteiger partial charge in [0.05, 0.1) is 21.8 Å². The van der Waals surface area contributed by atoms with E-state index in [2.05, 4.69) is 17.2 Å². The van der Waals surface area contributed by atoms with E-state index >= 15 is 0 Å². The van der Waals surface area contributed by atoms with Crippen molar-refractivity contribution in [1.82, 2.24) is 5.32 Å². The second-order valence-corrected chi connectivity index (χ2v) is 10.1. The summed E-state index contributed by atoms with van der Waals surface area (Å²) in [5, 5.41) is 5.71. The lowest BCUT2D eigenvalue weighted by atomic mass is 10.1. The van der Waals surface area contributed by atoms with Crippen LogP contribution in [-0.4, -0.2) is 33.3 Å². The summed E-state index contributed by atoms with van der Waals surface area (Å²) in [5.41, 5.74) is 2.20. The van der Waals surface area contributed by atoms with Crippen molar-refractivity contribution in [3.63, 3.8) is 0 Å². The molecule has 0 atom stereocenters. The molecule has 0 saturated carbocycles. The van der Waals surface area contributed by atoms with Gasteiger partial charge in [0.25, 0.3) is 15.9 Å². The molecule has 0 aliphatic heterocycles. The Kier molecular flexibility index (Phi) is 8.32. The van der Waals surface area contributed by atoms with Crippen molar-refractivity contribution < 1.29 is 18.0 Å². The van der Waals surface area contributed by atoms with Gasteiger partial charge < -0.3 is 10.6 Å². The van der Waals surface area contributed by atoms with E-state index in [0.717, 1.165) is 9.87 Å². The van der Waals surface area contributed by atoms with Crippen LogP contribution in [0.15, 0.2) is 84.3 Å². The number of rotatable bonds is 9. The lowest BCUT2D eigenvalue weighted by Gasteiger charge is -2.26. The van der Waals surface area contributed by atoms with E-state index in [-0.39, 0.29) is 28.4 Å². The lowest BCUT2D eigenvalue weighted by Crippen LogP contribution is -2.39. The van der Waals surface area contributed by atoms with Crippen LogP contribution in [0, 0.1) is 13.8 Å². The van der Waals surface area contributed by atoms with Crippen LogP contribution in [0.4, 0.5) is 11.4 Å². The summed E-state index contributed by atoms with van der Waals surface area (Å²) in [5.74, 6) is -1.01. The predicted molar refractivity (Wildman–Crippen MR) is 140 cm³/mol. The molecule has 3 aromatic rings. The Morgan fingerprint density at radius 2 is 1.69 bits per heavy atom. The summed E-state index contributed by atoms with van der Waals surface area (Å²) >= 11 is 6.26. The van der Waals surface area contributed by atoms with Gasteiger partial charge in [0.1, 0.15) is 6.54 Å². The molecule has 0 bridgehead atoms. The molecule has 0 aliphatic rings. The number of nitrogens with zero attached hydrogens (tertiary/aromatic N) is 1. The minimum absolute atomic E-state index is 0.0412. The highest BCUT2D eigenvalue weighted by Gasteiger charge is 2.29. The summed E-state index contributed by atoms with van der Waals surface area (Å²) in [7, 11) is -4.11. The van der Waals surface area contributed by atoms with E-state index in [9.17, 15) is 18.0 Å². The number of para-hydroxylation sites is 1. The number of aryl methyl sites for hydroxylation is 1. The molecular weight excluding hydrogens is 486 g/mol. The molecule has 0 heterocycles. The van der Waals surface area contributed by atoms with E-state index in [1.807, 2.05) is 6.92 Å². The molecule has 182 valence electrons. The van der Waals surface area contributed by atoms with Crippen LogP contribution in [0.5, 0.6) is 0 Å². The first-order valence-corrected chi connectivity index (χ1v) is 12.6. The Balaban J connectivity index is 1.97. The standard InChI is InChI=1S/C26H26ClN3O4S/c1-4-16-28-26(32)21-8-5-6-10-23(21)29-25(31)17-30(24-11-7-9-22(27)19(24)3)35(33,34)20-14-12-18(2)13-15-20/h4-15H,1,16-17H2,2-3H3,(H,28,32)(H,29,31). The zero-order valence-corrected chi connectivity index (χ0v) is 21.0. The zero-order valence-electron chi connectivity index (χ0n) is 19.4. The maximum atomic E-state index is 13.6. The van der Waals surface area contributed by atoms with Crippen LogP contribution in [0.1, 0.15) is 21.5 Å². The Hall–Kier alpha value is -3.62. The minimum Gasteiger partial charge on any atom is -0.349 e. The smallest absolute Gasteiger partial charge is 0.264 e. The van der Waals surface area contributed by atoms with Crippen LogP contribution in [0.3, 0.4) is 0 Å². The van der Waals surface area contributed by atoms with Crippen LogP contribution < -0.4 is 14.9 Å². The molecule has 3 aromatic carbocycles. The number of halogens is 1. The molecule has 0 radical (unpaired) electrons. The number of carbonyl (C=O) groups excluding carboxylic acids is 2. The number of carbonyl (C=O) groups is 2. The first-order valence-electron chi connectivity index (χ1n) is 10.8. The molecule has 0 spiro atoms. The summed E-state index contributed by atoms with van der Waals surface area (Å²) in [4.78, 5) is 25.6. The molecule has 35 heavy (non-hydrogen) atoms. The van der Waals surface area contributed by atoms with Gasteiger partial charge >= 0.3 is 0 Å². The highest BCUT2D eigenvalue weighted by Crippen LogP contribution is 2.31. The highest BCUT2D eigenvalue weighted by atomic mass is 35.5. The number of sulfonamides is 1. The Morgan fingerprint density at radius 3 is 2.37 bits per heavy atom. The second kappa shape index (κ2) is 11.2. The van der Waals surface area contributed by atoms with Crippen molar-refractivity contribution in [3.8, 4) is 0 Å². The summed E-state index contributed by atoms with van der Waals surface area (Å²) in [6.45, 7) is 6.84. The summed E-state index contributed by atoms with van der Waals surface area (Å²) in [6, 6.07) is 17.7. The molecule has 7 nitrogen and oxygen atoms in total. The van der Waals surface area contributed by atoms with Crippen LogP contribution in [-0.2, 0) is 14.8 Å². The van der Waals surface area contributed by atoms with Gasteiger partial charge in [-0.05, 0) is 55.8 Å². The molecule has 2 N–H and O–H groups in total. The number of anilines is 2. The fourth-order valence-electron chi connectivity index (χ4n) is 3.37. The molecule has 2 amide bonds. The first-order chi connectivity index (χ1) is 16.6. The van der Waals surface area contributed by atoms with Gasteiger partial charge in [0.2, 0.25) is 5.91 Å². The third-order valence-corrected chi connectivity index (χ3v) is 7.44. The monoisotopic (exact) mass is 511 g/mol. The number of benzene rings is 3. The molecule has 0 fully saturated rings. The lowest BCUT2D eigenvalue weighted by molar-refractivity contribution is -0.114. The fourth-order valence-corrected chi connectivity index (χ4v) is 5.02. The predicted octanol–water partition coefficient (Wildman–Crippen LogP) is 4.71. The maximum absolute atomic E-state index is 13.6. The average Bonchev–Trinajstić information content (AvgIpc) is 2.83. The van der Waals surface area contributed by atoms with Crippen molar-refractivity contribution in [1.29, 1.82) is 0 Å². The van der Waals surface area contributed by atoms with E-state index in [1.54, 1.807) is 67.6 Å². The maximum Gasteiger partial charge on any atom is 0.264 e. The molecule has 3 rings (SSSR count). The van der Waals surface area contributed by atoms with E-state index in [1.165, 1.54) is 12.1 Å². The molecular formula is C26H26ClN3O4S. The van der Waals surface area contributed by atoms with Gasteiger partial charge in [0.15, 0.2) is 0 Å². The normalized spacial score (nSPS) is 10.9. The van der Waals surface area contributed by atoms with Crippen molar-refractivity contribution in [3.05, 3.63) is 101 Å². The summed E-state index contributed by atoms with van der Waals surface area (Å²) < 4.78 is 28.3. The Morgan fingerprint density at radius 1 is 1.00 bits per heavy atom. The van der Waals surface area contributed by atoms with Crippen molar-refractivity contribution in [2.75, 3.05) is 22.7 Å². The molecule has 0 aromatic heterocycles. The van der Waals surface area contributed by atoms with E-state index in [0.29, 0.717) is 10.6 Å². The second-order valence-electron chi connectivity index (χ2n) is 7.80. The van der Waals surface area contributed by atoms with Crippen LogP contribution in [0.2, 0.25) is 5.02 Å². The van der Waals surface area contributed by atoms with Crippen LogP contribution >= 0.6 is 11.6 Å². The minimum atomic E-state index is -4.11. The fraction of sp³-hybridized carbons (Fsp3) is 0.154. The Bertz CT molecular complexity index is 1360. The van der Waals surface area contributed by atoms with Gasteiger partial charge in [-0.2, -0.15) is 0 Å². The third kappa shape index (κ3) is 6.09. The summed E-state index contributed by atoms with van der Waals surface area (Å²) in [6.07, 6.45) is 1.54. The number of amides is 2.